The first-order valence-corrected chi connectivity index (χ1v) is 19.4. The van der Waals surface area contributed by atoms with Crippen LogP contribution in [0.1, 0.15) is 213 Å². The second kappa shape index (κ2) is 40.4. The molecule has 266 valence electrons. The average molecular weight is 637 g/mol. The summed E-state index contributed by atoms with van der Waals surface area (Å²) in [5.41, 5.74) is 0. The van der Waals surface area contributed by atoms with Gasteiger partial charge in [0.15, 0.2) is 0 Å². The van der Waals surface area contributed by atoms with E-state index in [0.29, 0.717) is 12.8 Å². The molecule has 0 aromatic rings. The van der Waals surface area contributed by atoms with Crippen molar-refractivity contribution in [2.24, 2.45) is 0 Å². The van der Waals surface area contributed by atoms with Gasteiger partial charge in [0, 0.05) is 12.8 Å². The van der Waals surface area contributed by atoms with Crippen LogP contribution < -0.4 is 0 Å². The van der Waals surface area contributed by atoms with Crippen LogP contribution in [0.25, 0.3) is 0 Å². The molecule has 3 N–H and O–H groups in total. The quantitative estimate of drug-likeness (QED) is 0.0482. The fraction of sp³-hybridized carbons (Fsp3) is 0.850. The lowest BCUT2D eigenvalue weighted by molar-refractivity contribution is -0.138. The Hall–Kier alpha value is -1.62. The molecule has 0 rings (SSSR count). The predicted molar refractivity (Wildman–Crippen MR) is 194 cm³/mol. The van der Waals surface area contributed by atoms with Gasteiger partial charge in [0.25, 0.3) is 0 Å². The molecule has 1 atom stereocenters. The molecule has 0 saturated heterocycles. The number of aliphatic hydroxyl groups excluding tert-OH is 1. The highest BCUT2D eigenvalue weighted by atomic mass is 16.4. The highest BCUT2D eigenvalue weighted by molar-refractivity contribution is 5.66. The first-order valence-electron chi connectivity index (χ1n) is 19.4. The van der Waals surface area contributed by atoms with E-state index < -0.39 is 11.9 Å². The highest BCUT2D eigenvalue weighted by Gasteiger charge is 2.03. The van der Waals surface area contributed by atoms with Crippen LogP contribution in [0.4, 0.5) is 0 Å². The second-order valence-corrected chi connectivity index (χ2v) is 13.1. The zero-order chi connectivity index (χ0) is 33.5. The van der Waals surface area contributed by atoms with E-state index in [0.717, 1.165) is 51.4 Å². The smallest absolute Gasteiger partial charge is 0.303 e. The maximum atomic E-state index is 10.4. The molecule has 1 unspecified atom stereocenters. The monoisotopic (exact) mass is 637 g/mol. The molecule has 0 aromatic carbocycles. The van der Waals surface area contributed by atoms with E-state index in [9.17, 15) is 14.7 Å². The van der Waals surface area contributed by atoms with Crippen LogP contribution in [0.3, 0.4) is 0 Å². The lowest BCUT2D eigenvalue weighted by Crippen LogP contribution is -2.05. The minimum atomic E-state index is -0.666. The standard InChI is InChI=1S/C20H40O3.C20H36O2/c1-2-3-16-19(21)17-14-12-10-8-6-4-5-7-9-11-13-15-18-20(22)23;1-2-3-4-5-6-7-8-9-10-11-12-13-14-15-16-17-18-19-20(21)22/h19,21H,2-18H2,1H3,(H,22,23);6-7,9-10H,2-5,8,11-19H2,1H3,(H,21,22). The first-order chi connectivity index (χ1) is 21.9. The van der Waals surface area contributed by atoms with Gasteiger partial charge in [0.1, 0.15) is 0 Å². The van der Waals surface area contributed by atoms with E-state index in [1.165, 1.54) is 135 Å². The number of hydrogen-bond acceptors (Lipinski definition) is 3. The van der Waals surface area contributed by atoms with Crippen molar-refractivity contribution in [1.29, 1.82) is 0 Å². The Morgan fingerprint density at radius 1 is 0.444 bits per heavy atom. The van der Waals surface area contributed by atoms with Crippen molar-refractivity contribution >= 4 is 11.9 Å². The summed E-state index contributed by atoms with van der Waals surface area (Å²) in [6, 6.07) is 0. The predicted octanol–water partition coefficient (Wildman–Crippen LogP) is 12.7. The minimum absolute atomic E-state index is 0.0644. The van der Waals surface area contributed by atoms with Gasteiger partial charge in [-0.15, -0.1) is 0 Å². The van der Waals surface area contributed by atoms with Gasteiger partial charge in [-0.1, -0.05) is 167 Å². The Bertz CT molecular complexity index is 657. The fourth-order valence-corrected chi connectivity index (χ4v) is 5.45. The Kier molecular flexibility index (Phi) is 40.9. The van der Waals surface area contributed by atoms with Crippen molar-refractivity contribution in [3.05, 3.63) is 24.3 Å². The largest absolute Gasteiger partial charge is 0.481 e. The number of aliphatic hydroxyl groups is 1. The summed E-state index contributed by atoms with van der Waals surface area (Å²) in [6.45, 7) is 4.41. The Balaban J connectivity index is 0. The molecule has 5 nitrogen and oxygen atoms in total. The van der Waals surface area contributed by atoms with E-state index >= 15 is 0 Å². The molecule has 0 radical (unpaired) electrons. The van der Waals surface area contributed by atoms with E-state index in [1.54, 1.807) is 0 Å². The SMILES string of the molecule is CCCCC(O)CCCCCCCCCCCCCCC(=O)O.CCCCCC=CCC=CCCCCCCCCCC(=O)O. The summed E-state index contributed by atoms with van der Waals surface area (Å²) < 4.78 is 0. The van der Waals surface area contributed by atoms with Crippen molar-refractivity contribution in [3.8, 4) is 0 Å². The minimum Gasteiger partial charge on any atom is -0.481 e. The maximum Gasteiger partial charge on any atom is 0.303 e. The number of unbranched alkanes of at least 4 members (excludes halogenated alkanes) is 22. The molecule has 5 heteroatoms. The molecular weight excluding hydrogens is 560 g/mol. The Morgan fingerprint density at radius 3 is 1.18 bits per heavy atom. The van der Waals surface area contributed by atoms with Crippen molar-refractivity contribution in [2.75, 3.05) is 0 Å². The lowest BCUT2D eigenvalue weighted by Gasteiger charge is -2.09. The third-order valence-electron chi connectivity index (χ3n) is 8.41. The van der Waals surface area contributed by atoms with Gasteiger partial charge in [-0.2, -0.15) is 0 Å². The molecule has 0 amide bonds. The van der Waals surface area contributed by atoms with Gasteiger partial charge >= 0.3 is 11.9 Å². The van der Waals surface area contributed by atoms with Crippen LogP contribution in [0, 0.1) is 0 Å². The van der Waals surface area contributed by atoms with Crippen molar-refractivity contribution in [1.82, 2.24) is 0 Å². The van der Waals surface area contributed by atoms with Gasteiger partial charge in [0.2, 0.25) is 0 Å². The third-order valence-corrected chi connectivity index (χ3v) is 8.41. The van der Waals surface area contributed by atoms with Crippen molar-refractivity contribution in [3.63, 3.8) is 0 Å². The Labute approximate surface area is 279 Å². The fourth-order valence-electron chi connectivity index (χ4n) is 5.45. The summed E-state index contributed by atoms with van der Waals surface area (Å²) in [6.07, 6.45) is 44.5. The molecular formula is C40H76O5. The summed E-state index contributed by atoms with van der Waals surface area (Å²) in [4.78, 5) is 20.7. The van der Waals surface area contributed by atoms with Crippen LogP contribution in [0.5, 0.6) is 0 Å². The first kappa shape index (κ1) is 45.5. The molecule has 45 heavy (non-hydrogen) atoms. The molecule has 0 spiro atoms. The van der Waals surface area contributed by atoms with Crippen molar-refractivity contribution < 1.29 is 24.9 Å². The van der Waals surface area contributed by atoms with Crippen molar-refractivity contribution in [2.45, 2.75) is 219 Å². The molecule has 0 aliphatic heterocycles. The van der Waals surface area contributed by atoms with E-state index in [-0.39, 0.29) is 6.10 Å². The topological polar surface area (TPSA) is 94.8 Å². The second-order valence-electron chi connectivity index (χ2n) is 13.1. The summed E-state index contributed by atoms with van der Waals surface area (Å²) in [5.74, 6) is -1.33. The van der Waals surface area contributed by atoms with E-state index in [1.807, 2.05) is 0 Å². The van der Waals surface area contributed by atoms with Crippen LogP contribution in [-0.4, -0.2) is 33.4 Å². The highest BCUT2D eigenvalue weighted by Crippen LogP contribution is 2.15. The average Bonchev–Trinajstić information content (AvgIpc) is 3.01. The van der Waals surface area contributed by atoms with Crippen LogP contribution >= 0.6 is 0 Å². The van der Waals surface area contributed by atoms with Crippen LogP contribution in [-0.2, 0) is 9.59 Å². The van der Waals surface area contributed by atoms with Gasteiger partial charge in [-0.3, -0.25) is 9.59 Å². The lowest BCUT2D eigenvalue weighted by atomic mass is 10.0. The third kappa shape index (κ3) is 46.9. The zero-order valence-electron chi connectivity index (χ0n) is 30.0. The van der Waals surface area contributed by atoms with Gasteiger partial charge in [0.05, 0.1) is 6.10 Å². The normalized spacial score (nSPS) is 12.1. The zero-order valence-corrected chi connectivity index (χ0v) is 30.0. The summed E-state index contributed by atoms with van der Waals surface area (Å²) in [7, 11) is 0. The molecule has 0 aromatic heterocycles. The number of rotatable bonds is 34. The number of allylic oxidation sites excluding steroid dienone is 4. The molecule has 0 heterocycles. The molecule has 0 aliphatic rings. The molecule has 0 saturated carbocycles. The van der Waals surface area contributed by atoms with Gasteiger partial charge < -0.3 is 15.3 Å². The molecule has 0 fully saturated rings. The summed E-state index contributed by atoms with van der Waals surface area (Å²) in [5, 5.41) is 26.8. The van der Waals surface area contributed by atoms with Crippen LogP contribution in [0.15, 0.2) is 24.3 Å². The van der Waals surface area contributed by atoms with Gasteiger partial charge in [-0.25, -0.2) is 0 Å². The van der Waals surface area contributed by atoms with Gasteiger partial charge in [-0.05, 0) is 57.8 Å². The van der Waals surface area contributed by atoms with E-state index in [4.69, 9.17) is 10.2 Å². The summed E-state index contributed by atoms with van der Waals surface area (Å²) >= 11 is 0. The number of hydrogen-bond donors (Lipinski definition) is 3. The maximum absolute atomic E-state index is 10.4. The number of carbonyl (C=O) groups is 2. The molecule has 0 aliphatic carbocycles. The number of carboxylic acids is 2. The number of aliphatic carboxylic acids is 2. The molecule has 0 bridgehead atoms. The van der Waals surface area contributed by atoms with Crippen LogP contribution in [0.2, 0.25) is 0 Å². The van der Waals surface area contributed by atoms with E-state index in [2.05, 4.69) is 38.2 Å². The number of carboxylic acid groups (broad SMARTS) is 2. The Morgan fingerprint density at radius 2 is 0.778 bits per heavy atom.